The average Bonchev–Trinajstić information content (AvgIpc) is 2.94. The van der Waals surface area contributed by atoms with Crippen LogP contribution in [0.4, 0.5) is 0 Å². The fourth-order valence-corrected chi connectivity index (χ4v) is 4.77. The van der Waals surface area contributed by atoms with Gasteiger partial charge in [0, 0.05) is 12.8 Å². The van der Waals surface area contributed by atoms with Crippen molar-refractivity contribution in [3.63, 3.8) is 0 Å². The molecule has 3 nitrogen and oxygen atoms in total. The molecule has 5 rings (SSSR count). The molecule has 0 amide bonds. The Bertz CT molecular complexity index is 1260. The molecule has 0 fully saturated rings. The Morgan fingerprint density at radius 3 is 1.83 bits per heavy atom. The maximum Gasteiger partial charge on any atom is 0.327 e. The lowest BCUT2D eigenvalue weighted by molar-refractivity contribution is -0.151. The normalized spacial score (nSPS) is 14.4. The van der Waals surface area contributed by atoms with Crippen LogP contribution in [0.5, 0.6) is 0 Å². The summed E-state index contributed by atoms with van der Waals surface area (Å²) in [4.78, 5) is 13.0. The van der Waals surface area contributed by atoms with Gasteiger partial charge in [-0.05, 0) is 50.7 Å². The maximum atomic E-state index is 13.0. The number of esters is 1. The van der Waals surface area contributed by atoms with Gasteiger partial charge in [0.1, 0.15) is 0 Å². The predicted molar refractivity (Wildman–Crippen MR) is 119 cm³/mol. The molecule has 1 aliphatic carbocycles. The summed E-state index contributed by atoms with van der Waals surface area (Å²) >= 11 is 0. The highest BCUT2D eigenvalue weighted by Gasteiger charge is 2.44. The van der Waals surface area contributed by atoms with Crippen molar-refractivity contribution < 1.29 is 9.53 Å². The van der Waals surface area contributed by atoms with Crippen molar-refractivity contribution in [2.45, 2.75) is 19.8 Å². The van der Waals surface area contributed by atoms with Crippen LogP contribution in [0, 0.1) is 16.7 Å². The molecular formula is C27H21NO2. The smallest absolute Gasteiger partial charge is 0.327 e. The number of hydrogen-bond donors (Lipinski definition) is 0. The quantitative estimate of drug-likeness (QED) is 0.404. The van der Waals surface area contributed by atoms with Crippen LogP contribution in [0.15, 0.2) is 72.8 Å². The lowest BCUT2D eigenvalue weighted by atomic mass is 9.79. The first kappa shape index (κ1) is 18.4. The number of rotatable bonds is 2. The SMILES string of the molecule is CCOC(=O)C1(C#N)Cc2ccc3ccccc3c2-c2c(ccc3ccccc23)C1. The Hall–Kier alpha value is -3.64. The highest BCUT2D eigenvalue weighted by atomic mass is 16.5. The highest BCUT2D eigenvalue weighted by Crippen LogP contribution is 2.46. The van der Waals surface area contributed by atoms with E-state index in [9.17, 15) is 10.1 Å². The van der Waals surface area contributed by atoms with Crippen LogP contribution in [0.3, 0.4) is 0 Å². The molecule has 30 heavy (non-hydrogen) atoms. The summed E-state index contributed by atoms with van der Waals surface area (Å²) in [5, 5.41) is 14.8. The van der Waals surface area contributed by atoms with Crippen LogP contribution in [-0.4, -0.2) is 12.6 Å². The van der Waals surface area contributed by atoms with Gasteiger partial charge in [0.25, 0.3) is 0 Å². The number of ether oxygens (including phenoxy) is 1. The summed E-state index contributed by atoms with van der Waals surface area (Å²) in [5.74, 6) is -0.437. The van der Waals surface area contributed by atoms with E-state index < -0.39 is 11.4 Å². The second-order valence-electron chi connectivity index (χ2n) is 7.91. The Labute approximate surface area is 175 Å². The summed E-state index contributed by atoms with van der Waals surface area (Å²) < 4.78 is 5.37. The number of fused-ring (bicyclic) bond motifs is 7. The summed E-state index contributed by atoms with van der Waals surface area (Å²) in [5.41, 5.74) is 3.04. The van der Waals surface area contributed by atoms with Crippen molar-refractivity contribution >= 4 is 27.5 Å². The van der Waals surface area contributed by atoms with Crippen LogP contribution in [0.1, 0.15) is 18.1 Å². The van der Waals surface area contributed by atoms with Crippen molar-refractivity contribution in [2.75, 3.05) is 6.61 Å². The molecule has 0 N–H and O–H groups in total. The van der Waals surface area contributed by atoms with Crippen LogP contribution in [-0.2, 0) is 22.4 Å². The van der Waals surface area contributed by atoms with Crippen molar-refractivity contribution in [1.29, 1.82) is 5.26 Å². The van der Waals surface area contributed by atoms with Crippen molar-refractivity contribution in [2.24, 2.45) is 5.41 Å². The molecule has 0 heterocycles. The third-order valence-electron chi connectivity index (χ3n) is 6.15. The maximum absolute atomic E-state index is 13.0. The van der Waals surface area contributed by atoms with Crippen LogP contribution >= 0.6 is 0 Å². The minimum Gasteiger partial charge on any atom is -0.465 e. The predicted octanol–water partition coefficient (Wildman–Crippen LogP) is 5.83. The first-order chi connectivity index (χ1) is 14.7. The van der Waals surface area contributed by atoms with Crippen LogP contribution in [0.25, 0.3) is 32.7 Å². The largest absolute Gasteiger partial charge is 0.465 e. The lowest BCUT2D eigenvalue weighted by Gasteiger charge is -2.23. The van der Waals surface area contributed by atoms with E-state index in [1.54, 1.807) is 6.92 Å². The zero-order chi connectivity index (χ0) is 20.7. The van der Waals surface area contributed by atoms with E-state index in [1.165, 1.54) is 0 Å². The number of carbonyl (C=O) groups is 1. The third kappa shape index (κ3) is 2.69. The Kier molecular flexibility index (Phi) is 4.29. The topological polar surface area (TPSA) is 50.1 Å². The van der Waals surface area contributed by atoms with Crippen molar-refractivity contribution in [3.8, 4) is 17.2 Å². The molecule has 0 spiro atoms. The second kappa shape index (κ2) is 7.00. The molecular weight excluding hydrogens is 370 g/mol. The van der Waals surface area contributed by atoms with E-state index in [4.69, 9.17) is 4.74 Å². The third-order valence-corrected chi connectivity index (χ3v) is 6.15. The van der Waals surface area contributed by atoms with Crippen LogP contribution in [0.2, 0.25) is 0 Å². The first-order valence-corrected chi connectivity index (χ1v) is 10.3. The molecule has 0 bridgehead atoms. The molecule has 146 valence electrons. The zero-order valence-corrected chi connectivity index (χ0v) is 16.8. The van der Waals surface area contributed by atoms with Gasteiger partial charge in [-0.3, -0.25) is 4.79 Å². The van der Waals surface area contributed by atoms with Crippen LogP contribution < -0.4 is 0 Å². The average molecular weight is 391 g/mol. The summed E-state index contributed by atoms with van der Waals surface area (Å²) in [6.07, 6.45) is 0.678. The molecule has 4 aromatic carbocycles. The molecule has 0 aliphatic heterocycles. The first-order valence-electron chi connectivity index (χ1n) is 10.3. The van der Waals surface area contributed by atoms with E-state index >= 15 is 0 Å². The lowest BCUT2D eigenvalue weighted by Crippen LogP contribution is -2.35. The van der Waals surface area contributed by atoms with Gasteiger partial charge in [-0.2, -0.15) is 5.26 Å². The van der Waals surface area contributed by atoms with Gasteiger partial charge in [0.05, 0.1) is 12.7 Å². The van der Waals surface area contributed by atoms with Gasteiger partial charge in [-0.1, -0.05) is 72.8 Å². The van der Waals surface area contributed by atoms with Gasteiger partial charge in [-0.25, -0.2) is 0 Å². The van der Waals surface area contributed by atoms with Gasteiger partial charge < -0.3 is 4.74 Å². The van der Waals surface area contributed by atoms with E-state index in [0.29, 0.717) is 12.8 Å². The van der Waals surface area contributed by atoms with E-state index in [0.717, 1.165) is 43.8 Å². The molecule has 0 saturated heterocycles. The second-order valence-corrected chi connectivity index (χ2v) is 7.91. The molecule has 0 atom stereocenters. The molecule has 1 aliphatic rings. The van der Waals surface area contributed by atoms with Gasteiger partial charge in [-0.15, -0.1) is 0 Å². The molecule has 0 radical (unpaired) electrons. The van der Waals surface area contributed by atoms with Crippen molar-refractivity contribution in [1.82, 2.24) is 0 Å². The summed E-state index contributed by atoms with van der Waals surface area (Å²) in [6, 6.07) is 27.3. The number of nitriles is 1. The van der Waals surface area contributed by atoms with E-state index in [1.807, 2.05) is 24.3 Å². The fourth-order valence-electron chi connectivity index (χ4n) is 4.77. The summed E-state index contributed by atoms with van der Waals surface area (Å²) in [6.45, 7) is 2.04. The minimum absolute atomic E-state index is 0.261. The zero-order valence-electron chi connectivity index (χ0n) is 16.8. The standard InChI is InChI=1S/C27H21NO2/c1-2-30-26(29)27(17-28)15-20-13-11-18-7-3-5-9-22(18)24(20)25-21(16-27)14-12-19-8-4-6-10-23(19)25/h3-14H,2,15-16H2,1H3. The van der Waals surface area contributed by atoms with E-state index in [2.05, 4.69) is 54.6 Å². The number of nitrogens with zero attached hydrogens (tertiary/aromatic N) is 1. The molecule has 0 aromatic heterocycles. The van der Waals surface area contributed by atoms with Gasteiger partial charge in [0.15, 0.2) is 5.41 Å². The highest BCUT2D eigenvalue weighted by molar-refractivity contribution is 6.08. The number of carbonyl (C=O) groups excluding carboxylic acids is 1. The molecule has 0 saturated carbocycles. The number of hydrogen-bond acceptors (Lipinski definition) is 3. The van der Waals surface area contributed by atoms with Gasteiger partial charge in [0.2, 0.25) is 0 Å². The number of benzene rings is 4. The van der Waals surface area contributed by atoms with Crippen molar-refractivity contribution in [3.05, 3.63) is 83.9 Å². The minimum atomic E-state index is -1.24. The Morgan fingerprint density at radius 1 is 0.867 bits per heavy atom. The molecule has 0 unspecified atom stereocenters. The Morgan fingerprint density at radius 2 is 1.37 bits per heavy atom. The molecule has 4 aromatic rings. The molecule has 3 heteroatoms. The fraction of sp³-hybridized carbons (Fsp3) is 0.185. The summed E-state index contributed by atoms with van der Waals surface area (Å²) in [7, 11) is 0. The monoisotopic (exact) mass is 391 g/mol. The van der Waals surface area contributed by atoms with E-state index in [-0.39, 0.29) is 6.61 Å². The Balaban J connectivity index is 1.92. The van der Waals surface area contributed by atoms with Gasteiger partial charge >= 0.3 is 5.97 Å².